The highest BCUT2D eigenvalue weighted by molar-refractivity contribution is 6.31. The van der Waals surface area contributed by atoms with Gasteiger partial charge in [-0.05, 0) is 18.2 Å². The Labute approximate surface area is 111 Å². The highest BCUT2D eigenvalue weighted by atomic mass is 35.5. The van der Waals surface area contributed by atoms with Crippen LogP contribution in [0.2, 0.25) is 5.02 Å². The summed E-state index contributed by atoms with van der Waals surface area (Å²) in [5.41, 5.74) is 6.98. The predicted molar refractivity (Wildman–Crippen MR) is 71.5 cm³/mol. The van der Waals surface area contributed by atoms with Crippen LogP contribution < -0.4 is 10.6 Å². The maximum Gasteiger partial charge on any atom is 0.124 e. The van der Waals surface area contributed by atoms with Crippen molar-refractivity contribution in [3.63, 3.8) is 0 Å². The van der Waals surface area contributed by atoms with E-state index in [0.717, 1.165) is 5.69 Å². The molecule has 1 aromatic carbocycles. The second kappa shape index (κ2) is 5.56. The van der Waals surface area contributed by atoms with Gasteiger partial charge in [-0.25, -0.2) is 0 Å². The minimum absolute atomic E-state index is 0.0000286. The van der Waals surface area contributed by atoms with Gasteiger partial charge < -0.3 is 20.5 Å². The molecule has 4 N–H and O–H groups in total. The van der Waals surface area contributed by atoms with Gasteiger partial charge in [0.2, 0.25) is 0 Å². The minimum atomic E-state index is -0.113. The molecule has 1 unspecified atom stereocenters. The van der Waals surface area contributed by atoms with Crippen LogP contribution in [-0.4, -0.2) is 43.3 Å². The zero-order valence-electron chi connectivity index (χ0n) is 9.90. The van der Waals surface area contributed by atoms with E-state index in [1.54, 1.807) is 12.1 Å². The van der Waals surface area contributed by atoms with Gasteiger partial charge in [-0.15, -0.1) is 0 Å². The van der Waals surface area contributed by atoms with Gasteiger partial charge in [0.25, 0.3) is 0 Å². The van der Waals surface area contributed by atoms with Crippen LogP contribution >= 0.6 is 11.6 Å². The van der Waals surface area contributed by atoms with Crippen LogP contribution in [0.5, 0.6) is 0 Å². The summed E-state index contributed by atoms with van der Waals surface area (Å²) in [6.07, 6.45) is 0. The summed E-state index contributed by atoms with van der Waals surface area (Å²) in [5, 5.41) is 17.5. The molecular weight excluding hydrogens is 254 g/mol. The molecule has 2 rings (SSSR count). The van der Waals surface area contributed by atoms with E-state index >= 15 is 0 Å². The molecule has 1 saturated heterocycles. The molecule has 1 heterocycles. The van der Waals surface area contributed by atoms with Crippen molar-refractivity contribution in [1.82, 2.24) is 0 Å². The highest BCUT2D eigenvalue weighted by Crippen LogP contribution is 2.27. The number of anilines is 1. The number of rotatable bonds is 3. The van der Waals surface area contributed by atoms with Crippen molar-refractivity contribution in [3.05, 3.63) is 28.8 Å². The average Bonchev–Trinajstić information content (AvgIpc) is 2.38. The Balaban J connectivity index is 2.39. The van der Waals surface area contributed by atoms with Crippen LogP contribution in [0.25, 0.3) is 0 Å². The van der Waals surface area contributed by atoms with Crippen LogP contribution in [0, 0.1) is 5.41 Å². The Kier molecular flexibility index (Phi) is 4.06. The molecule has 0 amide bonds. The molecule has 0 aliphatic carbocycles. The standard InChI is InChI=1S/C12H16ClN3O2/c13-8-1-2-11(10(5-8)12(14)15)16-3-4-18-7-9(16)6-17/h1-2,5,9,17H,3-4,6-7H2,(H3,14,15). The molecule has 98 valence electrons. The zero-order chi connectivity index (χ0) is 13.1. The normalized spacial score (nSPS) is 19.9. The van der Waals surface area contributed by atoms with Crippen LogP contribution in [0.3, 0.4) is 0 Å². The molecule has 18 heavy (non-hydrogen) atoms. The fourth-order valence-corrected chi connectivity index (χ4v) is 2.27. The number of aliphatic hydroxyl groups excluding tert-OH is 1. The third-order valence-electron chi connectivity index (χ3n) is 3.00. The van der Waals surface area contributed by atoms with Crippen molar-refractivity contribution in [2.75, 3.05) is 31.3 Å². The molecule has 1 aliphatic rings. The Morgan fingerprint density at radius 1 is 1.61 bits per heavy atom. The summed E-state index contributed by atoms with van der Waals surface area (Å²) in [6.45, 7) is 1.72. The first-order valence-corrected chi connectivity index (χ1v) is 6.10. The van der Waals surface area contributed by atoms with Gasteiger partial charge in [-0.3, -0.25) is 5.41 Å². The average molecular weight is 270 g/mol. The third-order valence-corrected chi connectivity index (χ3v) is 3.23. The second-order valence-electron chi connectivity index (χ2n) is 4.18. The van der Waals surface area contributed by atoms with Gasteiger partial charge in [0.05, 0.1) is 25.9 Å². The van der Waals surface area contributed by atoms with Gasteiger partial charge in [-0.2, -0.15) is 0 Å². The van der Waals surface area contributed by atoms with Crippen molar-refractivity contribution in [2.24, 2.45) is 5.73 Å². The van der Waals surface area contributed by atoms with Gasteiger partial charge in [0.15, 0.2) is 0 Å². The van der Waals surface area contributed by atoms with Crippen molar-refractivity contribution >= 4 is 23.1 Å². The van der Waals surface area contributed by atoms with Gasteiger partial charge in [0.1, 0.15) is 5.84 Å². The predicted octanol–water partition coefficient (Wildman–Crippen LogP) is 0.822. The van der Waals surface area contributed by atoms with Gasteiger partial charge >= 0.3 is 0 Å². The van der Waals surface area contributed by atoms with Gasteiger partial charge in [-0.1, -0.05) is 11.6 Å². The number of nitrogens with zero attached hydrogens (tertiary/aromatic N) is 1. The second-order valence-corrected chi connectivity index (χ2v) is 4.62. The maximum atomic E-state index is 9.37. The Bertz CT molecular complexity index is 453. The van der Waals surface area contributed by atoms with E-state index in [-0.39, 0.29) is 18.5 Å². The lowest BCUT2D eigenvalue weighted by Crippen LogP contribution is -2.48. The molecule has 1 atom stereocenters. The number of ether oxygens (including phenoxy) is 1. The van der Waals surface area contributed by atoms with E-state index in [4.69, 9.17) is 27.5 Å². The number of halogens is 1. The van der Waals surface area contributed by atoms with Crippen molar-refractivity contribution in [1.29, 1.82) is 5.41 Å². The maximum absolute atomic E-state index is 9.37. The largest absolute Gasteiger partial charge is 0.394 e. The molecule has 1 fully saturated rings. The van der Waals surface area contributed by atoms with E-state index in [2.05, 4.69) is 0 Å². The smallest absolute Gasteiger partial charge is 0.124 e. The van der Waals surface area contributed by atoms with Crippen LogP contribution in [0.1, 0.15) is 5.56 Å². The summed E-state index contributed by atoms with van der Waals surface area (Å²) < 4.78 is 5.34. The summed E-state index contributed by atoms with van der Waals surface area (Å²) in [6, 6.07) is 5.14. The van der Waals surface area contributed by atoms with E-state index in [1.807, 2.05) is 11.0 Å². The quantitative estimate of drug-likeness (QED) is 0.560. The van der Waals surface area contributed by atoms with Crippen molar-refractivity contribution < 1.29 is 9.84 Å². The summed E-state index contributed by atoms with van der Waals surface area (Å²) in [5.74, 6) is -0.0318. The molecule has 6 heteroatoms. The summed E-state index contributed by atoms with van der Waals surface area (Å²) in [7, 11) is 0. The summed E-state index contributed by atoms with van der Waals surface area (Å²) in [4.78, 5) is 2.01. The molecule has 1 aliphatic heterocycles. The highest BCUT2D eigenvalue weighted by Gasteiger charge is 2.25. The van der Waals surface area contributed by atoms with Crippen LogP contribution in [0.4, 0.5) is 5.69 Å². The molecule has 5 nitrogen and oxygen atoms in total. The number of hydrogen-bond acceptors (Lipinski definition) is 4. The monoisotopic (exact) mass is 269 g/mol. The number of hydrogen-bond donors (Lipinski definition) is 3. The number of nitrogens with two attached hydrogens (primary N) is 1. The first-order chi connectivity index (χ1) is 8.63. The number of morpholine rings is 1. The van der Waals surface area contributed by atoms with Crippen LogP contribution in [0.15, 0.2) is 18.2 Å². The molecule has 0 radical (unpaired) electrons. The number of nitrogens with one attached hydrogen (secondary N) is 1. The fourth-order valence-electron chi connectivity index (χ4n) is 2.10. The first-order valence-electron chi connectivity index (χ1n) is 5.72. The number of amidine groups is 1. The SMILES string of the molecule is N=C(N)c1cc(Cl)ccc1N1CCOCC1CO. The topological polar surface area (TPSA) is 82.6 Å². The molecule has 0 bridgehead atoms. The third kappa shape index (κ3) is 2.58. The molecule has 0 aromatic heterocycles. The Hall–Kier alpha value is -1.30. The van der Waals surface area contributed by atoms with E-state index in [0.29, 0.717) is 30.3 Å². The lowest BCUT2D eigenvalue weighted by atomic mass is 10.1. The first kappa shape index (κ1) is 13.1. The van der Waals surface area contributed by atoms with Gasteiger partial charge in [0, 0.05) is 22.8 Å². The van der Waals surface area contributed by atoms with Crippen molar-refractivity contribution in [2.45, 2.75) is 6.04 Å². The lowest BCUT2D eigenvalue weighted by molar-refractivity contribution is 0.0727. The minimum Gasteiger partial charge on any atom is -0.394 e. The Morgan fingerprint density at radius 2 is 2.39 bits per heavy atom. The van der Waals surface area contributed by atoms with Crippen molar-refractivity contribution in [3.8, 4) is 0 Å². The molecular formula is C12H16ClN3O2. The molecule has 0 saturated carbocycles. The summed E-state index contributed by atoms with van der Waals surface area (Å²) >= 11 is 5.93. The van der Waals surface area contributed by atoms with E-state index in [9.17, 15) is 5.11 Å². The zero-order valence-corrected chi connectivity index (χ0v) is 10.7. The molecule has 0 spiro atoms. The van der Waals surface area contributed by atoms with Crippen LogP contribution in [-0.2, 0) is 4.74 Å². The number of aliphatic hydroxyl groups is 1. The van der Waals surface area contributed by atoms with E-state index in [1.165, 1.54) is 0 Å². The number of benzene rings is 1. The number of nitrogen functional groups attached to an aromatic ring is 1. The Morgan fingerprint density at radius 3 is 3.06 bits per heavy atom. The molecule has 1 aromatic rings. The fraction of sp³-hybridized carbons (Fsp3) is 0.417. The lowest BCUT2D eigenvalue weighted by Gasteiger charge is -2.37. The van der Waals surface area contributed by atoms with E-state index < -0.39 is 0 Å².